The van der Waals surface area contributed by atoms with E-state index in [-0.39, 0.29) is 12.1 Å². The molecular weight excluding hydrogens is 142 g/mol. The molecule has 0 bridgehead atoms. The third kappa shape index (κ3) is 4.65. The number of nitrogens with one attached hydrogen (secondary N) is 1. The molecule has 3 nitrogen and oxygen atoms in total. The monoisotopic (exact) mass is 159 g/mol. The molecule has 0 atom stereocenters. The predicted molar refractivity (Wildman–Crippen MR) is 44.5 cm³/mol. The lowest BCUT2D eigenvalue weighted by Crippen LogP contribution is -2.34. The summed E-state index contributed by atoms with van der Waals surface area (Å²) in [7, 11) is 0. The maximum atomic E-state index is 10.8. The van der Waals surface area contributed by atoms with Crippen molar-refractivity contribution < 1.29 is 9.53 Å². The van der Waals surface area contributed by atoms with Crippen molar-refractivity contribution in [3.05, 3.63) is 0 Å². The molecule has 0 aliphatic carbocycles. The Kier molecular flexibility index (Phi) is 5.61. The Balaban J connectivity index is 3.54. The van der Waals surface area contributed by atoms with Gasteiger partial charge in [-0.2, -0.15) is 0 Å². The zero-order valence-corrected chi connectivity index (χ0v) is 7.52. The fourth-order valence-corrected chi connectivity index (χ4v) is 0.832. The van der Waals surface area contributed by atoms with Crippen LogP contribution < -0.4 is 5.32 Å². The van der Waals surface area contributed by atoms with Gasteiger partial charge in [0.15, 0.2) is 0 Å². The lowest BCUT2D eigenvalue weighted by atomic mass is 10.2. The second-order valence-electron chi connectivity index (χ2n) is 2.38. The highest BCUT2D eigenvalue weighted by Gasteiger charge is 2.07. The maximum absolute atomic E-state index is 10.8. The first-order valence-electron chi connectivity index (χ1n) is 4.17. The molecule has 0 spiro atoms. The SMILES string of the molecule is CCOC(=O)NC(CC)CC. The van der Waals surface area contributed by atoms with Crippen LogP contribution in [0.5, 0.6) is 0 Å². The zero-order valence-electron chi connectivity index (χ0n) is 7.52. The van der Waals surface area contributed by atoms with Gasteiger partial charge in [-0.1, -0.05) is 13.8 Å². The predicted octanol–water partition coefficient (Wildman–Crippen LogP) is 1.92. The molecule has 0 fully saturated rings. The van der Waals surface area contributed by atoms with E-state index in [9.17, 15) is 4.79 Å². The van der Waals surface area contributed by atoms with Crippen molar-refractivity contribution in [2.24, 2.45) is 0 Å². The summed E-state index contributed by atoms with van der Waals surface area (Å²) in [6.45, 7) is 6.32. The number of rotatable bonds is 4. The largest absolute Gasteiger partial charge is 0.450 e. The van der Waals surface area contributed by atoms with Crippen LogP contribution in [0.2, 0.25) is 0 Å². The van der Waals surface area contributed by atoms with Gasteiger partial charge >= 0.3 is 6.09 Å². The molecule has 1 amide bonds. The number of hydrogen-bond acceptors (Lipinski definition) is 2. The smallest absolute Gasteiger partial charge is 0.407 e. The van der Waals surface area contributed by atoms with Crippen LogP contribution in [0.3, 0.4) is 0 Å². The van der Waals surface area contributed by atoms with E-state index < -0.39 is 0 Å². The number of ether oxygens (including phenoxy) is 1. The fraction of sp³-hybridized carbons (Fsp3) is 0.875. The zero-order chi connectivity index (χ0) is 8.69. The Morgan fingerprint density at radius 3 is 2.27 bits per heavy atom. The van der Waals surface area contributed by atoms with Crippen LogP contribution in [0.15, 0.2) is 0 Å². The molecule has 0 saturated heterocycles. The summed E-state index contributed by atoms with van der Waals surface area (Å²) in [4.78, 5) is 10.8. The minimum Gasteiger partial charge on any atom is -0.450 e. The number of amides is 1. The highest BCUT2D eigenvalue weighted by molar-refractivity contribution is 5.67. The summed E-state index contributed by atoms with van der Waals surface area (Å²) in [6, 6.07) is 0.258. The van der Waals surface area contributed by atoms with Gasteiger partial charge in [-0.05, 0) is 19.8 Å². The van der Waals surface area contributed by atoms with Gasteiger partial charge in [0.1, 0.15) is 0 Å². The number of carbonyl (C=O) groups excluding carboxylic acids is 1. The van der Waals surface area contributed by atoms with E-state index in [1.54, 1.807) is 6.92 Å². The van der Waals surface area contributed by atoms with Gasteiger partial charge in [-0.15, -0.1) is 0 Å². The summed E-state index contributed by atoms with van der Waals surface area (Å²) in [5.74, 6) is 0. The van der Waals surface area contributed by atoms with Crippen LogP contribution in [0, 0.1) is 0 Å². The molecule has 0 aromatic heterocycles. The topological polar surface area (TPSA) is 38.3 Å². The van der Waals surface area contributed by atoms with Crippen molar-refractivity contribution in [1.82, 2.24) is 5.32 Å². The Morgan fingerprint density at radius 2 is 1.91 bits per heavy atom. The summed E-state index contributed by atoms with van der Waals surface area (Å²) < 4.78 is 4.73. The van der Waals surface area contributed by atoms with Gasteiger partial charge < -0.3 is 10.1 Å². The van der Waals surface area contributed by atoms with Gasteiger partial charge in [0.05, 0.1) is 6.61 Å². The molecule has 0 aliphatic rings. The standard InChI is InChI=1S/C8H17NO2/c1-4-7(5-2)9-8(10)11-6-3/h7H,4-6H2,1-3H3,(H,9,10). The lowest BCUT2D eigenvalue weighted by molar-refractivity contribution is 0.147. The van der Waals surface area contributed by atoms with Crippen molar-refractivity contribution in [2.45, 2.75) is 39.7 Å². The first-order chi connectivity index (χ1) is 5.24. The average molecular weight is 159 g/mol. The molecule has 0 unspecified atom stereocenters. The van der Waals surface area contributed by atoms with E-state index in [0.29, 0.717) is 6.61 Å². The lowest BCUT2D eigenvalue weighted by Gasteiger charge is -2.13. The third-order valence-electron chi connectivity index (χ3n) is 1.58. The number of hydrogen-bond donors (Lipinski definition) is 1. The first kappa shape index (κ1) is 10.3. The molecular formula is C8H17NO2. The maximum Gasteiger partial charge on any atom is 0.407 e. The molecule has 0 rings (SSSR count). The molecule has 66 valence electrons. The Bertz CT molecular complexity index is 111. The van der Waals surface area contributed by atoms with E-state index in [2.05, 4.69) is 5.32 Å². The van der Waals surface area contributed by atoms with E-state index in [1.807, 2.05) is 13.8 Å². The molecule has 3 heteroatoms. The number of alkyl carbamates (subject to hydrolysis) is 1. The van der Waals surface area contributed by atoms with E-state index in [1.165, 1.54) is 0 Å². The van der Waals surface area contributed by atoms with Crippen LogP contribution in [-0.4, -0.2) is 18.7 Å². The van der Waals surface area contributed by atoms with Crippen molar-refractivity contribution in [1.29, 1.82) is 0 Å². The molecule has 0 aromatic rings. The van der Waals surface area contributed by atoms with Crippen LogP contribution >= 0.6 is 0 Å². The normalized spacial score (nSPS) is 9.82. The van der Waals surface area contributed by atoms with Gasteiger partial charge in [-0.25, -0.2) is 4.79 Å². The summed E-state index contributed by atoms with van der Waals surface area (Å²) in [5, 5.41) is 2.76. The van der Waals surface area contributed by atoms with E-state index in [4.69, 9.17) is 4.74 Å². The molecule has 0 saturated carbocycles. The minimum absolute atomic E-state index is 0.258. The van der Waals surface area contributed by atoms with E-state index >= 15 is 0 Å². The average Bonchev–Trinajstić information content (AvgIpc) is 2.01. The highest BCUT2D eigenvalue weighted by Crippen LogP contribution is 1.95. The van der Waals surface area contributed by atoms with Gasteiger partial charge in [-0.3, -0.25) is 0 Å². The summed E-state index contributed by atoms with van der Waals surface area (Å²) >= 11 is 0. The molecule has 1 N–H and O–H groups in total. The quantitative estimate of drug-likeness (QED) is 0.680. The second-order valence-corrected chi connectivity index (χ2v) is 2.38. The van der Waals surface area contributed by atoms with Crippen LogP contribution in [0.25, 0.3) is 0 Å². The van der Waals surface area contributed by atoms with Crippen molar-refractivity contribution >= 4 is 6.09 Å². The minimum atomic E-state index is -0.304. The molecule has 0 heterocycles. The van der Waals surface area contributed by atoms with Crippen molar-refractivity contribution in [2.75, 3.05) is 6.61 Å². The first-order valence-corrected chi connectivity index (χ1v) is 4.17. The van der Waals surface area contributed by atoms with Gasteiger partial charge in [0.25, 0.3) is 0 Å². The molecule has 0 aromatic carbocycles. The second kappa shape index (κ2) is 6.01. The van der Waals surface area contributed by atoms with Crippen molar-refractivity contribution in [3.63, 3.8) is 0 Å². The number of carbonyl (C=O) groups is 1. The van der Waals surface area contributed by atoms with Crippen LogP contribution in [0.1, 0.15) is 33.6 Å². The Hall–Kier alpha value is -0.730. The highest BCUT2D eigenvalue weighted by atomic mass is 16.5. The molecule has 11 heavy (non-hydrogen) atoms. The molecule has 0 aliphatic heterocycles. The summed E-state index contributed by atoms with van der Waals surface area (Å²) in [5.41, 5.74) is 0. The fourth-order valence-electron chi connectivity index (χ4n) is 0.832. The Labute approximate surface area is 68.1 Å². The van der Waals surface area contributed by atoms with Crippen LogP contribution in [0.4, 0.5) is 4.79 Å². The van der Waals surface area contributed by atoms with Gasteiger partial charge in [0.2, 0.25) is 0 Å². The summed E-state index contributed by atoms with van der Waals surface area (Å²) in [6.07, 6.45) is 1.60. The van der Waals surface area contributed by atoms with Gasteiger partial charge in [0, 0.05) is 6.04 Å². The molecule has 0 radical (unpaired) electrons. The van der Waals surface area contributed by atoms with Crippen molar-refractivity contribution in [3.8, 4) is 0 Å². The Morgan fingerprint density at radius 1 is 1.36 bits per heavy atom. The van der Waals surface area contributed by atoms with Crippen LogP contribution in [-0.2, 0) is 4.74 Å². The third-order valence-corrected chi connectivity index (χ3v) is 1.58. The van der Waals surface area contributed by atoms with E-state index in [0.717, 1.165) is 12.8 Å².